The first kappa shape index (κ1) is 19.3. The Labute approximate surface area is 184 Å². The fourth-order valence-electron chi connectivity index (χ4n) is 3.84. The molecule has 31 heavy (non-hydrogen) atoms. The summed E-state index contributed by atoms with van der Waals surface area (Å²) in [5, 5.41) is 7.36. The van der Waals surface area contributed by atoms with E-state index in [1.807, 2.05) is 36.5 Å². The van der Waals surface area contributed by atoms with Gasteiger partial charge in [-0.2, -0.15) is 0 Å². The molecule has 2 heterocycles. The quantitative estimate of drug-likeness (QED) is 0.366. The highest BCUT2D eigenvalue weighted by molar-refractivity contribution is 6.30. The van der Waals surface area contributed by atoms with Crippen LogP contribution in [0.15, 0.2) is 73.1 Å². The lowest BCUT2D eigenvalue weighted by Crippen LogP contribution is -1.99. The molecule has 2 aromatic heterocycles. The normalized spacial score (nSPS) is 11.2. The zero-order chi connectivity index (χ0) is 21.4. The number of aromatic nitrogens is 3. The first-order valence-corrected chi connectivity index (χ1v) is 10.4. The van der Waals surface area contributed by atoms with Gasteiger partial charge in [0.1, 0.15) is 5.82 Å². The molecule has 0 bridgehead atoms. The number of nitrogen functional groups attached to an aromatic ring is 1. The maximum atomic E-state index is 6.01. The number of aryl methyl sites for hydroxylation is 1. The van der Waals surface area contributed by atoms with E-state index in [9.17, 15) is 0 Å². The second kappa shape index (κ2) is 7.85. The smallest absolute Gasteiger partial charge is 0.220 e. The van der Waals surface area contributed by atoms with Crippen molar-refractivity contribution in [3.63, 3.8) is 0 Å². The predicted molar refractivity (Wildman–Crippen MR) is 128 cm³/mol. The number of nitrogens with zero attached hydrogens (tertiary/aromatic N) is 3. The fraction of sp³-hybridized carbons (Fsp3) is 0.0800. The first-order chi connectivity index (χ1) is 15.1. The van der Waals surface area contributed by atoms with Crippen LogP contribution in [0.25, 0.3) is 21.7 Å². The molecule has 3 N–H and O–H groups in total. The molecular weight excluding hydrogens is 406 g/mol. The predicted octanol–water partition coefficient (Wildman–Crippen LogP) is 6.06. The van der Waals surface area contributed by atoms with Crippen molar-refractivity contribution in [3.05, 3.63) is 94.8 Å². The summed E-state index contributed by atoms with van der Waals surface area (Å²) in [5.74, 6) is 1.11. The van der Waals surface area contributed by atoms with Crippen molar-refractivity contribution in [2.45, 2.75) is 13.3 Å². The lowest BCUT2D eigenvalue weighted by Gasteiger charge is -2.14. The Morgan fingerprint density at radius 2 is 1.77 bits per heavy atom. The van der Waals surface area contributed by atoms with E-state index in [0.717, 1.165) is 34.2 Å². The van der Waals surface area contributed by atoms with Crippen molar-refractivity contribution in [2.75, 3.05) is 11.1 Å². The van der Waals surface area contributed by atoms with Crippen LogP contribution in [0.4, 0.5) is 17.5 Å². The number of anilines is 3. The van der Waals surface area contributed by atoms with Gasteiger partial charge in [-0.15, -0.1) is 0 Å². The molecule has 0 fully saturated rings. The second-order valence-corrected chi connectivity index (χ2v) is 7.98. The van der Waals surface area contributed by atoms with E-state index >= 15 is 0 Å². The van der Waals surface area contributed by atoms with Crippen molar-refractivity contribution in [1.29, 1.82) is 0 Å². The van der Waals surface area contributed by atoms with Crippen LogP contribution >= 0.6 is 11.6 Å². The van der Waals surface area contributed by atoms with Gasteiger partial charge in [0.05, 0.1) is 5.52 Å². The minimum Gasteiger partial charge on any atom is -0.368 e. The zero-order valence-corrected chi connectivity index (χ0v) is 17.7. The number of rotatable bonds is 4. The van der Waals surface area contributed by atoms with Gasteiger partial charge in [-0.3, -0.25) is 0 Å². The van der Waals surface area contributed by atoms with E-state index in [4.69, 9.17) is 17.3 Å². The number of halogens is 1. The van der Waals surface area contributed by atoms with Crippen LogP contribution in [0.5, 0.6) is 0 Å². The van der Waals surface area contributed by atoms with Gasteiger partial charge >= 0.3 is 0 Å². The third-order valence-corrected chi connectivity index (χ3v) is 5.69. The lowest BCUT2D eigenvalue weighted by molar-refractivity contribution is 1.17. The molecule has 0 amide bonds. The number of nitrogens with two attached hydrogens (primary N) is 1. The molecule has 0 unspecified atom stereocenters. The van der Waals surface area contributed by atoms with Crippen LogP contribution in [0.3, 0.4) is 0 Å². The number of benzene rings is 3. The van der Waals surface area contributed by atoms with E-state index in [1.165, 1.54) is 22.1 Å². The van der Waals surface area contributed by atoms with Gasteiger partial charge in [0, 0.05) is 33.9 Å². The van der Waals surface area contributed by atoms with Crippen LogP contribution in [0.1, 0.15) is 16.7 Å². The maximum absolute atomic E-state index is 6.01. The first-order valence-electron chi connectivity index (χ1n) is 9.98. The molecule has 0 spiro atoms. The topological polar surface area (TPSA) is 76.7 Å². The number of fused-ring (bicyclic) bond motifs is 2. The Kier molecular flexibility index (Phi) is 4.88. The number of hydrogen-bond donors (Lipinski definition) is 2. The molecular formula is C25H20ClN5. The van der Waals surface area contributed by atoms with Gasteiger partial charge < -0.3 is 11.1 Å². The summed E-state index contributed by atoms with van der Waals surface area (Å²) in [7, 11) is 0. The van der Waals surface area contributed by atoms with Crippen LogP contribution in [-0.2, 0) is 6.42 Å². The number of nitrogens with one attached hydrogen (secondary N) is 1. The Bertz CT molecular complexity index is 1410. The SMILES string of the molecule is Cc1ccc2c(Nc3ccc(Cl)cc3)nccc2c1Cc1ccc2nc(N)ncc2c1. The molecule has 152 valence electrons. The van der Waals surface area contributed by atoms with Crippen molar-refractivity contribution >= 4 is 50.7 Å². The molecule has 0 aliphatic heterocycles. The average Bonchev–Trinajstić information content (AvgIpc) is 2.77. The van der Waals surface area contributed by atoms with Gasteiger partial charge in [0.25, 0.3) is 0 Å². The van der Waals surface area contributed by atoms with E-state index < -0.39 is 0 Å². The van der Waals surface area contributed by atoms with E-state index in [1.54, 1.807) is 6.20 Å². The third-order valence-electron chi connectivity index (χ3n) is 5.44. The summed E-state index contributed by atoms with van der Waals surface area (Å²) < 4.78 is 0. The molecule has 0 saturated heterocycles. The van der Waals surface area contributed by atoms with Gasteiger partial charge in [0.15, 0.2) is 0 Å². The van der Waals surface area contributed by atoms with E-state index in [-0.39, 0.29) is 0 Å². The van der Waals surface area contributed by atoms with Crippen LogP contribution in [0.2, 0.25) is 5.02 Å². The Morgan fingerprint density at radius 3 is 2.61 bits per heavy atom. The summed E-state index contributed by atoms with van der Waals surface area (Å²) in [6.45, 7) is 2.15. The maximum Gasteiger partial charge on any atom is 0.220 e. The molecule has 5 aromatic rings. The van der Waals surface area contributed by atoms with E-state index in [2.05, 4.69) is 57.5 Å². The van der Waals surface area contributed by atoms with Crippen molar-refractivity contribution in [3.8, 4) is 0 Å². The molecule has 0 aliphatic carbocycles. The molecule has 0 atom stereocenters. The molecule has 0 saturated carbocycles. The third kappa shape index (κ3) is 3.88. The molecule has 0 aliphatic rings. The summed E-state index contributed by atoms with van der Waals surface area (Å²) in [5.41, 5.74) is 11.2. The fourth-order valence-corrected chi connectivity index (χ4v) is 3.97. The van der Waals surface area contributed by atoms with Gasteiger partial charge in [-0.05, 0) is 77.9 Å². The monoisotopic (exact) mass is 425 g/mol. The van der Waals surface area contributed by atoms with E-state index in [0.29, 0.717) is 11.0 Å². The van der Waals surface area contributed by atoms with Crippen molar-refractivity contribution < 1.29 is 0 Å². The molecule has 3 aromatic carbocycles. The minimum atomic E-state index is 0.290. The zero-order valence-electron chi connectivity index (χ0n) is 16.9. The second-order valence-electron chi connectivity index (χ2n) is 7.55. The standard InChI is InChI=1S/C25H20ClN5/c1-15-2-8-21-20(10-11-28-24(21)30-19-6-4-18(26)5-7-19)22(15)13-16-3-9-23-17(12-16)14-29-25(27)31-23/h2-12,14H,13H2,1H3,(H,28,30)(H2,27,29,31). The average molecular weight is 426 g/mol. The summed E-state index contributed by atoms with van der Waals surface area (Å²) >= 11 is 6.01. The summed E-state index contributed by atoms with van der Waals surface area (Å²) in [4.78, 5) is 13.0. The summed E-state index contributed by atoms with van der Waals surface area (Å²) in [6.07, 6.45) is 4.42. The molecule has 0 radical (unpaired) electrons. The molecule has 5 rings (SSSR count). The number of hydrogen-bond acceptors (Lipinski definition) is 5. The summed E-state index contributed by atoms with van der Waals surface area (Å²) in [6, 6.07) is 20.2. The van der Waals surface area contributed by atoms with Crippen LogP contribution < -0.4 is 11.1 Å². The highest BCUT2D eigenvalue weighted by Crippen LogP contribution is 2.31. The van der Waals surface area contributed by atoms with Crippen LogP contribution in [-0.4, -0.2) is 15.0 Å². The van der Waals surface area contributed by atoms with Gasteiger partial charge in [-0.1, -0.05) is 29.8 Å². The highest BCUT2D eigenvalue weighted by atomic mass is 35.5. The minimum absolute atomic E-state index is 0.290. The van der Waals surface area contributed by atoms with Gasteiger partial charge in [-0.25, -0.2) is 15.0 Å². The van der Waals surface area contributed by atoms with Crippen molar-refractivity contribution in [1.82, 2.24) is 15.0 Å². The van der Waals surface area contributed by atoms with Crippen molar-refractivity contribution in [2.24, 2.45) is 0 Å². The molecule has 6 heteroatoms. The lowest BCUT2D eigenvalue weighted by atomic mass is 9.94. The Hall–Kier alpha value is -3.70. The van der Waals surface area contributed by atoms with Gasteiger partial charge in [0.2, 0.25) is 5.95 Å². The highest BCUT2D eigenvalue weighted by Gasteiger charge is 2.11. The number of pyridine rings is 1. The largest absolute Gasteiger partial charge is 0.368 e. The molecule has 5 nitrogen and oxygen atoms in total. The Morgan fingerprint density at radius 1 is 0.935 bits per heavy atom. The Balaban J connectivity index is 1.55. The van der Waals surface area contributed by atoms with Crippen LogP contribution in [0, 0.1) is 6.92 Å².